The third-order valence-electron chi connectivity index (χ3n) is 3.07. The lowest BCUT2D eigenvalue weighted by Gasteiger charge is -2.29. The average molecular weight is 224 g/mol. The Hall–Kier alpha value is -1.26. The summed E-state index contributed by atoms with van der Waals surface area (Å²) < 4.78 is 0. The zero-order chi connectivity index (χ0) is 11.4. The van der Waals surface area contributed by atoms with Gasteiger partial charge in [-0.1, -0.05) is 0 Å². The van der Waals surface area contributed by atoms with Gasteiger partial charge >= 0.3 is 0 Å². The van der Waals surface area contributed by atoms with E-state index in [1.165, 1.54) is 6.42 Å². The normalized spacial score (nSPS) is 22.3. The lowest BCUT2D eigenvalue weighted by molar-refractivity contribution is -0.133. The summed E-state index contributed by atoms with van der Waals surface area (Å²) in [4.78, 5) is 18.2. The van der Waals surface area contributed by atoms with Crippen LogP contribution < -0.4 is 10.6 Å². The molecule has 0 bridgehead atoms. The Morgan fingerprint density at radius 2 is 2.19 bits per heavy atom. The van der Waals surface area contributed by atoms with Gasteiger partial charge in [-0.15, -0.1) is 0 Å². The monoisotopic (exact) mass is 224 g/mol. The van der Waals surface area contributed by atoms with E-state index in [1.807, 2.05) is 11.8 Å². The van der Waals surface area contributed by atoms with Gasteiger partial charge in [0.15, 0.2) is 5.96 Å². The van der Waals surface area contributed by atoms with Crippen molar-refractivity contribution in [2.45, 2.75) is 32.2 Å². The molecule has 5 nitrogen and oxygen atoms in total. The molecule has 1 saturated heterocycles. The number of amides is 1. The number of nitrogens with one attached hydrogen (secondary N) is 2. The molecule has 2 heterocycles. The molecule has 0 aromatic carbocycles. The number of aliphatic imine (C=N–C) groups is 1. The molecule has 16 heavy (non-hydrogen) atoms. The predicted molar refractivity (Wildman–Crippen MR) is 63.3 cm³/mol. The number of piperidine rings is 1. The van der Waals surface area contributed by atoms with Crippen LogP contribution in [-0.4, -0.2) is 49.0 Å². The summed E-state index contributed by atoms with van der Waals surface area (Å²) in [6.07, 6.45) is 3.52. The molecule has 1 amide bonds. The topological polar surface area (TPSA) is 56.7 Å². The fourth-order valence-corrected chi connectivity index (χ4v) is 2.15. The van der Waals surface area contributed by atoms with Gasteiger partial charge in [-0.3, -0.25) is 9.79 Å². The van der Waals surface area contributed by atoms with Crippen molar-refractivity contribution < 1.29 is 4.79 Å². The lowest BCUT2D eigenvalue weighted by atomic mass is 10.1. The number of carbonyl (C=O) groups excluding carboxylic acids is 1. The Balaban J connectivity index is 1.83. The Morgan fingerprint density at radius 1 is 1.44 bits per heavy atom. The predicted octanol–water partition coefficient (Wildman–Crippen LogP) is -0.0638. The molecule has 90 valence electrons. The summed E-state index contributed by atoms with van der Waals surface area (Å²) in [7, 11) is 0. The van der Waals surface area contributed by atoms with Gasteiger partial charge < -0.3 is 15.5 Å². The van der Waals surface area contributed by atoms with Gasteiger partial charge in [-0.25, -0.2) is 0 Å². The van der Waals surface area contributed by atoms with Crippen molar-refractivity contribution in [3.05, 3.63) is 0 Å². The first-order valence-electron chi connectivity index (χ1n) is 6.11. The fraction of sp³-hybridized carbons (Fsp3) is 0.818. The van der Waals surface area contributed by atoms with Crippen molar-refractivity contribution in [2.24, 2.45) is 4.99 Å². The summed E-state index contributed by atoms with van der Waals surface area (Å²) in [5.74, 6) is 0.953. The maximum atomic E-state index is 12.1. The Bertz CT molecular complexity index is 284. The van der Waals surface area contributed by atoms with Crippen LogP contribution in [0.2, 0.25) is 0 Å². The van der Waals surface area contributed by atoms with Crippen LogP contribution in [0.3, 0.4) is 0 Å². The number of guanidine groups is 1. The Labute approximate surface area is 96.3 Å². The number of carbonyl (C=O) groups is 1. The van der Waals surface area contributed by atoms with Crippen molar-refractivity contribution in [2.75, 3.05) is 26.2 Å². The zero-order valence-electron chi connectivity index (χ0n) is 9.83. The number of rotatable bonds is 2. The number of nitrogens with zero attached hydrogens (tertiary/aromatic N) is 2. The average Bonchev–Trinajstić information content (AvgIpc) is 2.82. The number of likely N-dealkylation sites (tertiary alicyclic amines) is 1. The Morgan fingerprint density at radius 3 is 2.81 bits per heavy atom. The largest absolute Gasteiger partial charge is 0.355 e. The SMILES string of the molecule is CC(NC1=NCCN1)C(=O)N1CCCCC1. The number of hydrogen-bond donors (Lipinski definition) is 2. The molecule has 0 aliphatic carbocycles. The van der Waals surface area contributed by atoms with Crippen LogP contribution in [0.15, 0.2) is 4.99 Å². The van der Waals surface area contributed by atoms with E-state index in [0.717, 1.165) is 45.0 Å². The van der Waals surface area contributed by atoms with Crippen LogP contribution in [0.5, 0.6) is 0 Å². The van der Waals surface area contributed by atoms with Crippen LogP contribution in [0, 0.1) is 0 Å². The van der Waals surface area contributed by atoms with E-state index in [2.05, 4.69) is 15.6 Å². The summed E-state index contributed by atoms with van der Waals surface area (Å²) in [6.45, 7) is 5.38. The molecule has 0 saturated carbocycles. The molecule has 2 rings (SSSR count). The first-order chi connectivity index (χ1) is 7.77. The molecule has 2 N–H and O–H groups in total. The van der Waals surface area contributed by atoms with E-state index in [-0.39, 0.29) is 11.9 Å². The minimum atomic E-state index is -0.178. The third kappa shape index (κ3) is 2.65. The highest BCUT2D eigenvalue weighted by Gasteiger charge is 2.23. The highest BCUT2D eigenvalue weighted by atomic mass is 16.2. The van der Waals surface area contributed by atoms with Gasteiger partial charge in [0.1, 0.15) is 6.04 Å². The second-order valence-corrected chi connectivity index (χ2v) is 4.41. The summed E-state index contributed by atoms with van der Waals surface area (Å²) in [6, 6.07) is -0.178. The molecule has 0 radical (unpaired) electrons. The quantitative estimate of drug-likeness (QED) is 0.690. The second-order valence-electron chi connectivity index (χ2n) is 4.41. The van der Waals surface area contributed by atoms with E-state index in [0.29, 0.717) is 0 Å². The molecule has 1 fully saturated rings. The Kier molecular flexibility index (Phi) is 3.64. The van der Waals surface area contributed by atoms with Crippen LogP contribution in [0.25, 0.3) is 0 Å². The maximum Gasteiger partial charge on any atom is 0.244 e. The molecule has 2 aliphatic heterocycles. The minimum Gasteiger partial charge on any atom is -0.355 e. The van der Waals surface area contributed by atoms with Crippen molar-refractivity contribution >= 4 is 11.9 Å². The van der Waals surface area contributed by atoms with Crippen LogP contribution in [0.1, 0.15) is 26.2 Å². The van der Waals surface area contributed by atoms with Gasteiger partial charge in [-0.05, 0) is 26.2 Å². The van der Waals surface area contributed by atoms with Crippen molar-refractivity contribution in [3.8, 4) is 0 Å². The molecule has 0 spiro atoms. The van der Waals surface area contributed by atoms with E-state index in [1.54, 1.807) is 0 Å². The zero-order valence-corrected chi connectivity index (χ0v) is 9.83. The van der Waals surface area contributed by atoms with Crippen LogP contribution in [-0.2, 0) is 4.79 Å². The first kappa shape index (κ1) is 11.2. The molecule has 5 heteroatoms. The first-order valence-corrected chi connectivity index (χ1v) is 6.11. The summed E-state index contributed by atoms with van der Waals surface area (Å²) >= 11 is 0. The van der Waals surface area contributed by atoms with Crippen molar-refractivity contribution in [1.29, 1.82) is 0 Å². The molecular weight excluding hydrogens is 204 g/mol. The third-order valence-corrected chi connectivity index (χ3v) is 3.07. The van der Waals surface area contributed by atoms with Gasteiger partial charge in [0.05, 0.1) is 6.54 Å². The maximum absolute atomic E-state index is 12.1. The summed E-state index contributed by atoms with van der Waals surface area (Å²) in [5, 5.41) is 6.24. The smallest absolute Gasteiger partial charge is 0.244 e. The van der Waals surface area contributed by atoms with E-state index < -0.39 is 0 Å². The number of hydrogen-bond acceptors (Lipinski definition) is 4. The molecule has 0 aromatic heterocycles. The minimum absolute atomic E-state index is 0.178. The molecule has 0 aromatic rings. The summed E-state index contributed by atoms with van der Waals surface area (Å²) in [5.41, 5.74) is 0. The van der Waals surface area contributed by atoms with Gasteiger partial charge in [0.25, 0.3) is 0 Å². The van der Waals surface area contributed by atoms with Gasteiger partial charge in [0.2, 0.25) is 5.91 Å². The highest BCUT2D eigenvalue weighted by Crippen LogP contribution is 2.09. The van der Waals surface area contributed by atoms with Crippen LogP contribution >= 0.6 is 0 Å². The fourth-order valence-electron chi connectivity index (χ4n) is 2.15. The standard InChI is InChI=1S/C11H20N4O/c1-9(14-11-12-5-6-13-11)10(16)15-7-3-2-4-8-15/h9H,2-8H2,1H3,(H2,12,13,14). The van der Waals surface area contributed by atoms with Gasteiger partial charge in [-0.2, -0.15) is 0 Å². The molecule has 1 unspecified atom stereocenters. The molecular formula is C11H20N4O. The van der Waals surface area contributed by atoms with E-state index in [4.69, 9.17) is 0 Å². The molecule has 2 aliphatic rings. The van der Waals surface area contributed by atoms with Crippen molar-refractivity contribution in [1.82, 2.24) is 15.5 Å². The second kappa shape index (κ2) is 5.18. The highest BCUT2D eigenvalue weighted by molar-refractivity contribution is 5.89. The van der Waals surface area contributed by atoms with Crippen molar-refractivity contribution in [3.63, 3.8) is 0 Å². The van der Waals surface area contributed by atoms with Gasteiger partial charge in [0, 0.05) is 19.6 Å². The molecule has 1 atom stereocenters. The lowest BCUT2D eigenvalue weighted by Crippen LogP contribution is -2.50. The van der Waals surface area contributed by atoms with E-state index in [9.17, 15) is 4.79 Å². The van der Waals surface area contributed by atoms with Crippen LogP contribution in [0.4, 0.5) is 0 Å². The van der Waals surface area contributed by atoms with E-state index >= 15 is 0 Å².